The fourth-order valence-corrected chi connectivity index (χ4v) is 2.84. The molecular weight excluding hydrogens is 352 g/mol. The summed E-state index contributed by atoms with van der Waals surface area (Å²) in [6.07, 6.45) is 1.82. The van der Waals surface area contributed by atoms with Crippen LogP contribution in [0.4, 0.5) is 0 Å². The highest BCUT2D eigenvalue weighted by Crippen LogP contribution is 2.21. The summed E-state index contributed by atoms with van der Waals surface area (Å²) in [5.74, 6) is -0.801. The normalized spacial score (nSPS) is 10.4. The van der Waals surface area contributed by atoms with Gasteiger partial charge < -0.3 is 10.1 Å². The van der Waals surface area contributed by atoms with Crippen LogP contribution in [0.2, 0.25) is 0 Å². The second kappa shape index (κ2) is 8.95. The number of carbonyl (C=O) groups is 2. The highest BCUT2D eigenvalue weighted by Gasteiger charge is 2.10. The number of pyridine rings is 1. The van der Waals surface area contributed by atoms with E-state index in [0.717, 1.165) is 27.9 Å². The Morgan fingerprint density at radius 1 is 1.00 bits per heavy atom. The first-order chi connectivity index (χ1) is 13.5. The zero-order valence-electron chi connectivity index (χ0n) is 15.9. The van der Waals surface area contributed by atoms with Crippen molar-refractivity contribution in [3.63, 3.8) is 0 Å². The summed E-state index contributed by atoms with van der Waals surface area (Å²) in [5.41, 5.74) is 5.40. The zero-order chi connectivity index (χ0) is 19.9. The number of aryl methyl sites for hydroxylation is 2. The molecule has 0 aliphatic heterocycles. The molecule has 28 heavy (non-hydrogen) atoms. The van der Waals surface area contributed by atoms with Crippen molar-refractivity contribution < 1.29 is 14.3 Å². The fourth-order valence-electron chi connectivity index (χ4n) is 2.84. The van der Waals surface area contributed by atoms with Gasteiger partial charge in [0.15, 0.2) is 0 Å². The minimum atomic E-state index is -0.478. The van der Waals surface area contributed by atoms with E-state index >= 15 is 0 Å². The van der Waals surface area contributed by atoms with Crippen molar-refractivity contribution >= 4 is 11.9 Å². The Kier molecular flexibility index (Phi) is 6.17. The molecule has 2 aromatic carbocycles. The Morgan fingerprint density at radius 2 is 1.71 bits per heavy atom. The maximum Gasteiger partial charge on any atom is 0.325 e. The monoisotopic (exact) mass is 374 g/mol. The van der Waals surface area contributed by atoms with Crippen LogP contribution in [0.25, 0.3) is 11.3 Å². The highest BCUT2D eigenvalue weighted by atomic mass is 16.5. The van der Waals surface area contributed by atoms with Gasteiger partial charge in [-0.3, -0.25) is 14.6 Å². The van der Waals surface area contributed by atoms with Gasteiger partial charge in [0.2, 0.25) is 0 Å². The van der Waals surface area contributed by atoms with E-state index in [4.69, 9.17) is 4.74 Å². The number of hydrogen-bond donors (Lipinski definition) is 1. The number of hydrogen-bond acceptors (Lipinski definition) is 4. The number of nitrogens with zero attached hydrogens (tertiary/aromatic N) is 1. The highest BCUT2D eigenvalue weighted by molar-refractivity contribution is 5.96. The van der Waals surface area contributed by atoms with Gasteiger partial charge in [-0.25, -0.2) is 0 Å². The molecule has 5 heteroatoms. The van der Waals surface area contributed by atoms with E-state index in [1.54, 1.807) is 12.1 Å². The molecule has 0 spiro atoms. The molecule has 0 aliphatic rings. The minimum absolute atomic E-state index is 0.175. The van der Waals surface area contributed by atoms with Crippen molar-refractivity contribution in [2.75, 3.05) is 6.54 Å². The lowest BCUT2D eigenvalue weighted by atomic mass is 10.0. The van der Waals surface area contributed by atoms with Gasteiger partial charge in [-0.15, -0.1) is 0 Å². The zero-order valence-corrected chi connectivity index (χ0v) is 15.9. The molecule has 142 valence electrons. The number of ether oxygens (including phenoxy) is 1. The van der Waals surface area contributed by atoms with Gasteiger partial charge in [-0.2, -0.15) is 0 Å². The average Bonchev–Trinajstić information content (AvgIpc) is 2.71. The molecule has 0 saturated carbocycles. The Balaban J connectivity index is 1.53. The summed E-state index contributed by atoms with van der Waals surface area (Å²) < 4.78 is 5.15. The lowest BCUT2D eigenvalue weighted by molar-refractivity contribution is -0.143. The third-order valence-electron chi connectivity index (χ3n) is 4.27. The Morgan fingerprint density at radius 3 is 2.39 bits per heavy atom. The van der Waals surface area contributed by atoms with Gasteiger partial charge >= 0.3 is 5.97 Å². The lowest BCUT2D eigenvalue weighted by Gasteiger charge is -2.08. The van der Waals surface area contributed by atoms with Crippen LogP contribution in [0.5, 0.6) is 0 Å². The predicted octanol–water partition coefficient (Wildman–Crippen LogP) is 3.84. The second-order valence-electron chi connectivity index (χ2n) is 6.58. The van der Waals surface area contributed by atoms with E-state index in [1.807, 2.05) is 62.5 Å². The molecule has 0 radical (unpaired) electrons. The van der Waals surface area contributed by atoms with Crippen LogP contribution in [0.1, 0.15) is 27.0 Å². The van der Waals surface area contributed by atoms with E-state index in [0.29, 0.717) is 5.56 Å². The van der Waals surface area contributed by atoms with E-state index in [2.05, 4.69) is 16.4 Å². The summed E-state index contributed by atoms with van der Waals surface area (Å²) in [5, 5.41) is 2.58. The van der Waals surface area contributed by atoms with Crippen LogP contribution in [0, 0.1) is 13.8 Å². The summed E-state index contributed by atoms with van der Waals surface area (Å²) in [4.78, 5) is 28.5. The Labute approximate surface area is 164 Å². The number of esters is 1. The summed E-state index contributed by atoms with van der Waals surface area (Å²) in [7, 11) is 0. The molecule has 3 aromatic rings. The molecule has 0 atom stereocenters. The SMILES string of the molecule is Cc1cnc(-c2ccc(C(=O)NCC(=O)OCc3ccccc3)cc2)c(C)c1. The molecule has 1 heterocycles. The first-order valence-corrected chi connectivity index (χ1v) is 9.04. The topological polar surface area (TPSA) is 68.3 Å². The van der Waals surface area contributed by atoms with Crippen molar-refractivity contribution in [2.45, 2.75) is 20.5 Å². The van der Waals surface area contributed by atoms with Crippen LogP contribution in [0.3, 0.4) is 0 Å². The van der Waals surface area contributed by atoms with Gasteiger partial charge in [0.05, 0.1) is 5.69 Å². The Hall–Kier alpha value is -3.47. The number of benzene rings is 2. The van der Waals surface area contributed by atoms with Gasteiger partial charge in [-0.05, 0) is 42.7 Å². The van der Waals surface area contributed by atoms with E-state index in [9.17, 15) is 9.59 Å². The van der Waals surface area contributed by atoms with Crippen molar-refractivity contribution in [1.29, 1.82) is 0 Å². The van der Waals surface area contributed by atoms with Crippen LogP contribution in [-0.4, -0.2) is 23.4 Å². The molecule has 1 aromatic heterocycles. The van der Waals surface area contributed by atoms with E-state index < -0.39 is 5.97 Å². The molecular formula is C23H22N2O3. The van der Waals surface area contributed by atoms with Crippen molar-refractivity contribution in [3.8, 4) is 11.3 Å². The quantitative estimate of drug-likeness (QED) is 0.666. The van der Waals surface area contributed by atoms with Gasteiger partial charge in [-0.1, -0.05) is 48.5 Å². The largest absolute Gasteiger partial charge is 0.460 e. The summed E-state index contributed by atoms with van der Waals surface area (Å²) in [6.45, 7) is 4.03. The smallest absolute Gasteiger partial charge is 0.325 e. The molecule has 1 amide bonds. The number of carbonyl (C=O) groups excluding carboxylic acids is 2. The third-order valence-corrected chi connectivity index (χ3v) is 4.27. The predicted molar refractivity (Wildman–Crippen MR) is 108 cm³/mol. The molecule has 0 saturated heterocycles. The Bertz CT molecular complexity index is 967. The minimum Gasteiger partial charge on any atom is -0.460 e. The van der Waals surface area contributed by atoms with Crippen LogP contribution in [-0.2, 0) is 16.1 Å². The number of aromatic nitrogens is 1. The summed E-state index contributed by atoms with van der Waals surface area (Å²) >= 11 is 0. The third kappa shape index (κ3) is 5.04. The van der Waals surface area contributed by atoms with Crippen LogP contribution in [0.15, 0.2) is 66.9 Å². The number of rotatable bonds is 6. The number of nitrogens with one attached hydrogen (secondary N) is 1. The fraction of sp³-hybridized carbons (Fsp3) is 0.174. The van der Waals surface area contributed by atoms with Crippen molar-refractivity contribution in [3.05, 3.63) is 89.1 Å². The average molecular weight is 374 g/mol. The van der Waals surface area contributed by atoms with Gasteiger partial charge in [0, 0.05) is 17.3 Å². The maximum atomic E-state index is 12.2. The van der Waals surface area contributed by atoms with Crippen LogP contribution >= 0.6 is 0 Å². The maximum absolute atomic E-state index is 12.2. The van der Waals surface area contributed by atoms with E-state index in [-0.39, 0.29) is 19.1 Å². The molecule has 0 aliphatic carbocycles. The molecule has 5 nitrogen and oxygen atoms in total. The van der Waals surface area contributed by atoms with Crippen molar-refractivity contribution in [1.82, 2.24) is 10.3 Å². The van der Waals surface area contributed by atoms with Gasteiger partial charge in [0.1, 0.15) is 13.2 Å². The molecule has 1 N–H and O–H groups in total. The second-order valence-corrected chi connectivity index (χ2v) is 6.58. The summed E-state index contributed by atoms with van der Waals surface area (Å²) in [6, 6.07) is 18.6. The van der Waals surface area contributed by atoms with Gasteiger partial charge in [0.25, 0.3) is 5.91 Å². The van der Waals surface area contributed by atoms with Crippen LogP contribution < -0.4 is 5.32 Å². The number of amides is 1. The first kappa shape index (κ1) is 19.3. The molecule has 0 fully saturated rings. The van der Waals surface area contributed by atoms with Crippen molar-refractivity contribution in [2.24, 2.45) is 0 Å². The molecule has 3 rings (SSSR count). The molecule has 0 bridgehead atoms. The van der Waals surface area contributed by atoms with E-state index in [1.165, 1.54) is 0 Å². The standard InChI is InChI=1S/C23H22N2O3/c1-16-12-17(2)22(24-13-16)19-8-10-20(11-9-19)23(27)25-14-21(26)28-15-18-6-4-3-5-7-18/h3-13H,14-15H2,1-2H3,(H,25,27). The lowest BCUT2D eigenvalue weighted by Crippen LogP contribution is -2.30. The molecule has 0 unspecified atom stereocenters. The first-order valence-electron chi connectivity index (χ1n) is 9.04.